The molecular formula is C12H19IN4O2S. The molecule has 1 aromatic heterocycles. The molecule has 0 unspecified atom stereocenters. The van der Waals surface area contributed by atoms with Gasteiger partial charge in [-0.05, 0) is 35.4 Å². The van der Waals surface area contributed by atoms with Crippen molar-refractivity contribution in [3.05, 3.63) is 15.5 Å². The van der Waals surface area contributed by atoms with Crippen LogP contribution in [0.5, 0.6) is 0 Å². The van der Waals surface area contributed by atoms with Crippen LogP contribution < -0.4 is 4.90 Å². The van der Waals surface area contributed by atoms with Gasteiger partial charge >= 0.3 is 0 Å². The second kappa shape index (κ2) is 6.10. The number of sulfonamides is 1. The lowest BCUT2D eigenvalue weighted by Gasteiger charge is -2.31. The summed E-state index contributed by atoms with van der Waals surface area (Å²) in [5, 5.41) is 0. The molecule has 1 atom stereocenters. The van der Waals surface area contributed by atoms with Gasteiger partial charge in [0.25, 0.3) is 0 Å². The molecule has 1 aromatic rings. The van der Waals surface area contributed by atoms with E-state index in [1.165, 1.54) is 6.26 Å². The molecule has 8 heteroatoms. The molecule has 0 saturated carbocycles. The zero-order valence-electron chi connectivity index (χ0n) is 11.9. The topological polar surface area (TPSA) is 66.4 Å². The van der Waals surface area contributed by atoms with Crippen molar-refractivity contribution in [2.45, 2.75) is 18.8 Å². The minimum atomic E-state index is -3.13. The Balaban J connectivity index is 2.29. The van der Waals surface area contributed by atoms with Crippen LogP contribution in [0.4, 0.5) is 5.95 Å². The lowest BCUT2D eigenvalue weighted by Crippen LogP contribution is -2.38. The Morgan fingerprint density at radius 3 is 2.75 bits per heavy atom. The summed E-state index contributed by atoms with van der Waals surface area (Å²) in [6.45, 7) is 1.12. The van der Waals surface area contributed by atoms with Gasteiger partial charge in [-0.1, -0.05) is 0 Å². The molecule has 2 rings (SSSR count). The summed E-state index contributed by atoms with van der Waals surface area (Å²) in [7, 11) is 0.668. The molecule has 0 amide bonds. The maximum atomic E-state index is 11.7. The highest BCUT2D eigenvalue weighted by Gasteiger charge is 2.29. The number of anilines is 1. The van der Waals surface area contributed by atoms with Crippen molar-refractivity contribution in [2.75, 3.05) is 38.3 Å². The number of hydrogen-bond acceptors (Lipinski definition) is 5. The highest BCUT2D eigenvalue weighted by molar-refractivity contribution is 14.1. The Bertz CT molecular complexity index is 591. The third kappa shape index (κ3) is 3.59. The lowest BCUT2D eigenvalue weighted by molar-refractivity contribution is 0.314. The van der Waals surface area contributed by atoms with Crippen LogP contribution in [0.3, 0.4) is 0 Å². The average molecular weight is 410 g/mol. The Morgan fingerprint density at radius 1 is 1.45 bits per heavy atom. The van der Waals surface area contributed by atoms with E-state index in [-0.39, 0.29) is 5.92 Å². The Morgan fingerprint density at radius 2 is 2.15 bits per heavy atom. The van der Waals surface area contributed by atoms with Gasteiger partial charge in [-0.25, -0.2) is 22.7 Å². The van der Waals surface area contributed by atoms with Gasteiger partial charge in [-0.3, -0.25) is 0 Å². The second-order valence-electron chi connectivity index (χ2n) is 5.26. The number of nitrogens with zero attached hydrogens (tertiary/aromatic N) is 4. The van der Waals surface area contributed by atoms with E-state index in [2.05, 4.69) is 32.6 Å². The molecule has 0 radical (unpaired) electrons. The molecule has 0 N–H and O–H groups in total. The van der Waals surface area contributed by atoms with E-state index < -0.39 is 10.0 Å². The van der Waals surface area contributed by atoms with E-state index in [1.807, 2.05) is 19.0 Å². The fraction of sp³-hybridized carbons (Fsp3) is 0.667. The van der Waals surface area contributed by atoms with Crippen LogP contribution in [0.1, 0.15) is 24.5 Å². The second-order valence-corrected chi connectivity index (χ2v) is 8.40. The highest BCUT2D eigenvalue weighted by Crippen LogP contribution is 2.30. The molecule has 0 aliphatic carbocycles. The van der Waals surface area contributed by atoms with Crippen molar-refractivity contribution in [3.63, 3.8) is 0 Å². The summed E-state index contributed by atoms with van der Waals surface area (Å²) in [5.74, 6) is 0.809. The van der Waals surface area contributed by atoms with Crippen molar-refractivity contribution in [3.8, 4) is 0 Å². The molecule has 0 spiro atoms. The molecule has 2 heterocycles. The number of rotatable bonds is 3. The standard InChI is InChI=1S/C12H19IN4O2S/c1-16(2)12-14-7-10(13)11(15-12)9-5-4-6-17(8-9)20(3,18)19/h7,9H,4-6,8H2,1-3H3/t9-/m0/s1. The number of hydrogen-bond donors (Lipinski definition) is 0. The first kappa shape index (κ1) is 15.9. The van der Waals surface area contributed by atoms with Crippen LogP contribution in [0, 0.1) is 3.57 Å². The summed E-state index contributed by atoms with van der Waals surface area (Å²) in [6, 6.07) is 0. The third-order valence-corrected chi connectivity index (χ3v) is 5.50. The Labute approximate surface area is 133 Å². The average Bonchev–Trinajstić information content (AvgIpc) is 2.38. The quantitative estimate of drug-likeness (QED) is 0.703. The predicted octanol–water partition coefficient (Wildman–Crippen LogP) is 1.29. The summed E-state index contributed by atoms with van der Waals surface area (Å²) in [4.78, 5) is 10.7. The number of aromatic nitrogens is 2. The predicted molar refractivity (Wildman–Crippen MR) is 87.5 cm³/mol. The lowest BCUT2D eigenvalue weighted by atomic mass is 9.96. The zero-order valence-corrected chi connectivity index (χ0v) is 14.8. The van der Waals surface area contributed by atoms with Gasteiger partial charge < -0.3 is 4.90 Å². The summed E-state index contributed by atoms with van der Waals surface area (Å²) in [6.07, 6.45) is 4.91. The minimum Gasteiger partial charge on any atom is -0.347 e. The van der Waals surface area contributed by atoms with Crippen LogP contribution in [0.15, 0.2) is 6.20 Å². The molecule has 1 fully saturated rings. The summed E-state index contributed by atoms with van der Waals surface area (Å²) < 4.78 is 26.0. The molecule has 0 aromatic carbocycles. The largest absolute Gasteiger partial charge is 0.347 e. The van der Waals surface area contributed by atoms with Gasteiger partial charge in [-0.2, -0.15) is 0 Å². The van der Waals surface area contributed by atoms with Crippen LogP contribution in [-0.4, -0.2) is 56.1 Å². The van der Waals surface area contributed by atoms with Crippen molar-refractivity contribution >= 4 is 38.6 Å². The smallest absolute Gasteiger partial charge is 0.225 e. The zero-order chi connectivity index (χ0) is 14.9. The third-order valence-electron chi connectivity index (χ3n) is 3.40. The molecule has 1 aliphatic heterocycles. The van der Waals surface area contributed by atoms with Crippen molar-refractivity contribution < 1.29 is 8.42 Å². The van der Waals surface area contributed by atoms with Gasteiger partial charge in [0.1, 0.15) is 0 Å². The molecule has 6 nitrogen and oxygen atoms in total. The fourth-order valence-electron chi connectivity index (χ4n) is 2.34. The van der Waals surface area contributed by atoms with E-state index in [0.29, 0.717) is 19.0 Å². The maximum absolute atomic E-state index is 11.7. The highest BCUT2D eigenvalue weighted by atomic mass is 127. The Kier molecular flexibility index (Phi) is 4.85. The van der Waals surface area contributed by atoms with Crippen LogP contribution in [-0.2, 0) is 10.0 Å². The molecule has 20 heavy (non-hydrogen) atoms. The summed E-state index contributed by atoms with van der Waals surface area (Å²) >= 11 is 2.22. The molecule has 1 aliphatic rings. The first-order valence-corrected chi connectivity index (χ1v) is 9.36. The van der Waals surface area contributed by atoms with Gasteiger partial charge in [0, 0.05) is 39.3 Å². The first-order chi connectivity index (χ1) is 9.29. The Hall–Kier alpha value is -0.480. The fourth-order valence-corrected chi connectivity index (χ4v) is 3.95. The van der Waals surface area contributed by atoms with Crippen molar-refractivity contribution in [1.29, 1.82) is 0 Å². The van der Waals surface area contributed by atoms with Gasteiger partial charge in [0.2, 0.25) is 16.0 Å². The molecule has 112 valence electrons. The maximum Gasteiger partial charge on any atom is 0.225 e. The molecular weight excluding hydrogens is 391 g/mol. The first-order valence-electron chi connectivity index (χ1n) is 6.44. The van der Waals surface area contributed by atoms with Crippen molar-refractivity contribution in [1.82, 2.24) is 14.3 Å². The number of piperidine rings is 1. The van der Waals surface area contributed by atoms with Gasteiger partial charge in [-0.15, -0.1) is 0 Å². The number of halogens is 1. The van der Waals surface area contributed by atoms with Crippen LogP contribution >= 0.6 is 22.6 Å². The normalized spacial score (nSPS) is 20.9. The monoisotopic (exact) mass is 410 g/mol. The van der Waals surface area contributed by atoms with E-state index in [9.17, 15) is 8.42 Å². The van der Waals surface area contributed by atoms with Gasteiger partial charge in [0.15, 0.2) is 0 Å². The summed E-state index contributed by atoms with van der Waals surface area (Å²) in [5.41, 5.74) is 0.956. The SMILES string of the molecule is CN(C)c1ncc(I)c([C@H]2CCCN(S(C)(=O)=O)C2)n1. The molecule has 0 bridgehead atoms. The van der Waals surface area contributed by atoms with E-state index in [1.54, 1.807) is 10.5 Å². The van der Waals surface area contributed by atoms with Crippen molar-refractivity contribution in [2.24, 2.45) is 0 Å². The van der Waals surface area contributed by atoms with Crippen LogP contribution in [0.25, 0.3) is 0 Å². The van der Waals surface area contributed by atoms with Crippen LogP contribution in [0.2, 0.25) is 0 Å². The van der Waals surface area contributed by atoms with E-state index >= 15 is 0 Å². The van der Waals surface area contributed by atoms with E-state index in [0.717, 1.165) is 22.1 Å². The molecule has 1 saturated heterocycles. The van der Waals surface area contributed by atoms with E-state index in [4.69, 9.17) is 0 Å². The minimum absolute atomic E-state index is 0.145. The van der Waals surface area contributed by atoms with Gasteiger partial charge in [0.05, 0.1) is 15.5 Å².